The number of halogens is 1. The van der Waals surface area contributed by atoms with E-state index in [4.69, 9.17) is 20.8 Å². The highest BCUT2D eigenvalue weighted by Gasteiger charge is 2.13. The minimum Gasteiger partial charge on any atom is -0.487 e. The minimum atomic E-state index is -0.151. The summed E-state index contributed by atoms with van der Waals surface area (Å²) >= 11 is 5.89. The van der Waals surface area contributed by atoms with E-state index in [2.05, 4.69) is 10.3 Å². The number of nitrogens with zero attached hydrogens (tertiary/aromatic N) is 1. The largest absolute Gasteiger partial charge is 0.487 e. The first kappa shape index (κ1) is 21.7. The van der Waals surface area contributed by atoms with E-state index in [1.807, 2.05) is 62.4 Å². The predicted molar refractivity (Wildman–Crippen MR) is 125 cm³/mol. The molecule has 0 saturated carbocycles. The van der Waals surface area contributed by atoms with Gasteiger partial charge in [0.15, 0.2) is 0 Å². The van der Waals surface area contributed by atoms with E-state index in [9.17, 15) is 4.79 Å². The normalized spacial score (nSPS) is 10.7. The zero-order valence-corrected chi connectivity index (χ0v) is 18.6. The quantitative estimate of drug-likeness (QED) is 0.371. The molecule has 162 valence electrons. The van der Waals surface area contributed by atoms with Crippen molar-refractivity contribution in [1.82, 2.24) is 10.3 Å². The summed E-state index contributed by atoms with van der Waals surface area (Å²) in [4.78, 5) is 17.0. The van der Waals surface area contributed by atoms with Gasteiger partial charge in [-0.05, 0) is 67.9 Å². The van der Waals surface area contributed by atoms with Crippen molar-refractivity contribution >= 4 is 17.5 Å². The Labute approximate surface area is 192 Å². The first-order valence-corrected chi connectivity index (χ1v) is 10.6. The lowest BCUT2D eigenvalue weighted by Crippen LogP contribution is -2.22. The van der Waals surface area contributed by atoms with Crippen LogP contribution < -0.4 is 10.1 Å². The topological polar surface area (TPSA) is 64.4 Å². The molecule has 0 bridgehead atoms. The van der Waals surface area contributed by atoms with E-state index < -0.39 is 0 Å². The number of hydrogen-bond acceptors (Lipinski definition) is 4. The molecule has 0 aliphatic rings. The number of benzene rings is 3. The number of hydrogen-bond donors (Lipinski definition) is 1. The van der Waals surface area contributed by atoms with Crippen LogP contribution in [0.5, 0.6) is 5.75 Å². The van der Waals surface area contributed by atoms with E-state index in [-0.39, 0.29) is 5.91 Å². The highest BCUT2D eigenvalue weighted by molar-refractivity contribution is 6.30. The van der Waals surface area contributed by atoms with Crippen LogP contribution in [0.2, 0.25) is 5.02 Å². The average Bonchev–Trinajstić information content (AvgIpc) is 3.18. The van der Waals surface area contributed by atoms with Gasteiger partial charge in [0, 0.05) is 22.7 Å². The van der Waals surface area contributed by atoms with Crippen molar-refractivity contribution in [3.8, 4) is 17.2 Å². The Bertz CT molecular complexity index is 1200. The second kappa shape index (κ2) is 9.71. The summed E-state index contributed by atoms with van der Waals surface area (Å²) in [7, 11) is 0. The second-order valence-electron chi connectivity index (χ2n) is 7.51. The maximum Gasteiger partial charge on any atom is 0.251 e. The van der Waals surface area contributed by atoms with E-state index in [1.54, 1.807) is 24.3 Å². The van der Waals surface area contributed by atoms with Crippen molar-refractivity contribution in [2.45, 2.75) is 27.0 Å². The summed E-state index contributed by atoms with van der Waals surface area (Å²) in [5.74, 6) is 1.84. The molecule has 0 saturated heterocycles. The van der Waals surface area contributed by atoms with Crippen molar-refractivity contribution < 1.29 is 13.9 Å². The molecule has 6 heteroatoms. The molecule has 4 aromatic rings. The molecule has 0 aliphatic heterocycles. The molecule has 0 unspecified atom stereocenters. The van der Waals surface area contributed by atoms with Crippen molar-refractivity contribution in [2.24, 2.45) is 0 Å². The number of oxazole rings is 1. The van der Waals surface area contributed by atoms with E-state index >= 15 is 0 Å². The number of nitrogens with one attached hydrogen (secondary N) is 1. The van der Waals surface area contributed by atoms with Crippen LogP contribution in [-0.2, 0) is 13.2 Å². The SMILES string of the molecule is Cc1ccc(OCc2nc(-c3ccc(C(=O)NCc4ccc(Cl)cc4)cc3)oc2C)cc1. The molecular weight excluding hydrogens is 424 g/mol. The van der Waals surface area contributed by atoms with Crippen LogP contribution >= 0.6 is 11.6 Å². The Balaban J connectivity index is 1.38. The number of carbonyl (C=O) groups is 1. The average molecular weight is 447 g/mol. The molecule has 0 spiro atoms. The first-order chi connectivity index (χ1) is 15.5. The van der Waals surface area contributed by atoms with Crippen LogP contribution in [0.1, 0.15) is 32.9 Å². The van der Waals surface area contributed by atoms with E-state index in [0.29, 0.717) is 35.4 Å². The highest BCUT2D eigenvalue weighted by atomic mass is 35.5. The van der Waals surface area contributed by atoms with Crippen LogP contribution in [0.4, 0.5) is 0 Å². The third-order valence-corrected chi connectivity index (χ3v) is 5.30. The molecular formula is C26H23ClN2O3. The van der Waals surface area contributed by atoms with Crippen molar-refractivity contribution in [1.29, 1.82) is 0 Å². The standard InChI is InChI=1S/C26H23ClN2O3/c1-17-3-13-23(14-4-17)31-16-24-18(2)32-26(29-24)21-9-7-20(8-10-21)25(30)28-15-19-5-11-22(27)12-6-19/h3-14H,15-16H2,1-2H3,(H,28,30). The molecule has 1 heterocycles. The smallest absolute Gasteiger partial charge is 0.251 e. The number of aromatic nitrogens is 1. The van der Waals surface area contributed by atoms with E-state index in [0.717, 1.165) is 22.6 Å². The molecule has 0 aliphatic carbocycles. The number of aryl methyl sites for hydroxylation is 2. The van der Waals surface area contributed by atoms with Gasteiger partial charge in [-0.3, -0.25) is 4.79 Å². The lowest BCUT2D eigenvalue weighted by atomic mass is 10.1. The predicted octanol–water partition coefficient (Wildman–Crippen LogP) is 6.12. The van der Waals surface area contributed by atoms with Crippen molar-refractivity contribution in [3.05, 3.63) is 106 Å². The summed E-state index contributed by atoms with van der Waals surface area (Å²) in [5.41, 5.74) is 4.26. The highest BCUT2D eigenvalue weighted by Crippen LogP contribution is 2.23. The number of ether oxygens (including phenoxy) is 1. The van der Waals surface area contributed by atoms with Gasteiger partial charge in [-0.1, -0.05) is 41.4 Å². The molecule has 1 N–H and O–H groups in total. The van der Waals surface area contributed by atoms with Gasteiger partial charge in [0.25, 0.3) is 5.91 Å². The molecule has 0 radical (unpaired) electrons. The van der Waals surface area contributed by atoms with Crippen LogP contribution in [0, 0.1) is 13.8 Å². The maximum atomic E-state index is 12.4. The van der Waals surface area contributed by atoms with Crippen molar-refractivity contribution in [3.63, 3.8) is 0 Å². The van der Waals surface area contributed by atoms with E-state index in [1.165, 1.54) is 5.56 Å². The third-order valence-electron chi connectivity index (χ3n) is 5.05. The van der Waals surface area contributed by atoms with Crippen molar-refractivity contribution in [2.75, 3.05) is 0 Å². The zero-order chi connectivity index (χ0) is 22.5. The molecule has 1 amide bonds. The summed E-state index contributed by atoms with van der Waals surface area (Å²) in [6.45, 7) is 4.65. The molecule has 1 aromatic heterocycles. The Kier molecular flexibility index (Phi) is 6.57. The van der Waals surface area contributed by atoms with Gasteiger partial charge in [0.2, 0.25) is 5.89 Å². The lowest BCUT2D eigenvalue weighted by molar-refractivity contribution is 0.0951. The van der Waals surface area contributed by atoms with Crippen LogP contribution in [0.3, 0.4) is 0 Å². The van der Waals surface area contributed by atoms with Gasteiger partial charge in [0.05, 0.1) is 0 Å². The van der Waals surface area contributed by atoms with Gasteiger partial charge in [-0.25, -0.2) is 4.98 Å². The van der Waals surface area contributed by atoms with Gasteiger partial charge < -0.3 is 14.5 Å². The fraction of sp³-hybridized carbons (Fsp3) is 0.154. The first-order valence-electron chi connectivity index (χ1n) is 10.3. The Hall–Kier alpha value is -3.57. The molecule has 0 atom stereocenters. The number of carbonyl (C=O) groups excluding carboxylic acids is 1. The Morgan fingerprint density at radius 3 is 2.34 bits per heavy atom. The molecule has 5 nitrogen and oxygen atoms in total. The Morgan fingerprint density at radius 2 is 1.66 bits per heavy atom. The third kappa shape index (κ3) is 5.37. The molecule has 4 rings (SSSR count). The Morgan fingerprint density at radius 1 is 0.969 bits per heavy atom. The lowest BCUT2D eigenvalue weighted by Gasteiger charge is -2.06. The summed E-state index contributed by atoms with van der Waals surface area (Å²) in [6.07, 6.45) is 0. The fourth-order valence-corrected chi connectivity index (χ4v) is 3.25. The minimum absolute atomic E-state index is 0.151. The number of rotatable bonds is 7. The van der Waals surface area contributed by atoms with Gasteiger partial charge in [-0.2, -0.15) is 0 Å². The fourth-order valence-electron chi connectivity index (χ4n) is 3.12. The number of amides is 1. The van der Waals surface area contributed by atoms with Gasteiger partial charge in [0.1, 0.15) is 23.8 Å². The summed E-state index contributed by atoms with van der Waals surface area (Å²) < 4.78 is 11.6. The maximum absolute atomic E-state index is 12.4. The van der Waals surface area contributed by atoms with Crippen LogP contribution in [0.15, 0.2) is 77.2 Å². The molecule has 3 aromatic carbocycles. The van der Waals surface area contributed by atoms with Crippen LogP contribution in [0.25, 0.3) is 11.5 Å². The van der Waals surface area contributed by atoms with Gasteiger partial charge in [-0.15, -0.1) is 0 Å². The summed E-state index contributed by atoms with van der Waals surface area (Å²) in [6, 6.07) is 22.4. The second-order valence-corrected chi connectivity index (χ2v) is 7.95. The summed E-state index contributed by atoms with van der Waals surface area (Å²) in [5, 5.41) is 3.57. The van der Waals surface area contributed by atoms with Crippen LogP contribution in [-0.4, -0.2) is 10.9 Å². The molecule has 32 heavy (non-hydrogen) atoms. The molecule has 0 fully saturated rings. The van der Waals surface area contributed by atoms with Gasteiger partial charge >= 0.3 is 0 Å². The monoisotopic (exact) mass is 446 g/mol. The zero-order valence-electron chi connectivity index (χ0n) is 17.9.